The highest BCUT2D eigenvalue weighted by atomic mass is 16.6. The van der Waals surface area contributed by atoms with Gasteiger partial charge in [0.15, 0.2) is 0 Å². The van der Waals surface area contributed by atoms with Crippen molar-refractivity contribution in [1.29, 1.82) is 0 Å². The number of aliphatic hydroxyl groups is 5. The van der Waals surface area contributed by atoms with Crippen LogP contribution >= 0.6 is 0 Å². The van der Waals surface area contributed by atoms with Gasteiger partial charge in [0.25, 0.3) is 0 Å². The molecule has 0 radical (unpaired) electrons. The van der Waals surface area contributed by atoms with Gasteiger partial charge in [-0.25, -0.2) is 0 Å². The SMILES string of the molecule is OC1C2(O)C3(CCCCC3)C2(O)C(OCc2ccccc2)C2(O)C3(CCCCC3)C12O. The molecular weight excluding hydrogens is 396 g/mol. The summed E-state index contributed by atoms with van der Waals surface area (Å²) in [4.78, 5) is 0. The molecular formula is C25H34O6. The summed E-state index contributed by atoms with van der Waals surface area (Å²) in [7, 11) is 0. The fraction of sp³-hybridized carbons (Fsp3) is 0.760. The molecule has 5 aliphatic carbocycles. The Hall–Kier alpha value is -1.02. The van der Waals surface area contributed by atoms with Gasteiger partial charge in [0.1, 0.15) is 34.6 Å². The third-order valence-corrected chi connectivity index (χ3v) is 10.2. The highest BCUT2D eigenvalue weighted by Crippen LogP contribution is 2.88. The summed E-state index contributed by atoms with van der Waals surface area (Å²) < 4.78 is 6.29. The summed E-state index contributed by atoms with van der Waals surface area (Å²) in [5, 5.41) is 59.3. The minimum atomic E-state index is -1.87. The molecule has 0 aliphatic heterocycles. The van der Waals surface area contributed by atoms with E-state index >= 15 is 0 Å². The van der Waals surface area contributed by atoms with E-state index in [0.717, 1.165) is 44.1 Å². The van der Waals surface area contributed by atoms with Crippen LogP contribution in [0.2, 0.25) is 0 Å². The summed E-state index contributed by atoms with van der Waals surface area (Å²) in [5.41, 5.74) is -8.31. The molecule has 6 nitrogen and oxygen atoms in total. The number of benzene rings is 1. The molecule has 5 fully saturated rings. The van der Waals surface area contributed by atoms with Gasteiger partial charge in [-0.3, -0.25) is 0 Å². The molecule has 5 N–H and O–H groups in total. The quantitative estimate of drug-likeness (QED) is 0.500. The van der Waals surface area contributed by atoms with Gasteiger partial charge >= 0.3 is 0 Å². The van der Waals surface area contributed by atoms with Crippen molar-refractivity contribution in [3.8, 4) is 0 Å². The Morgan fingerprint density at radius 1 is 0.677 bits per heavy atom. The second-order valence-corrected chi connectivity index (χ2v) is 10.9. The van der Waals surface area contributed by atoms with Crippen LogP contribution in [0.25, 0.3) is 0 Å². The Labute approximate surface area is 182 Å². The standard InChI is InChI=1S/C25H34O6/c26-18-22(27)20(12-6-2-7-13-20)24(22,29)19(31-16-17-10-4-1-5-11-17)25(30)21(23(18,25)28)14-8-3-9-15-21/h1,4-5,10-11,18-19,26-30H,2-3,6-9,12-16H2. The van der Waals surface area contributed by atoms with Crippen LogP contribution in [0.3, 0.4) is 0 Å². The van der Waals surface area contributed by atoms with Gasteiger partial charge in [0.05, 0.1) is 6.61 Å². The molecule has 0 amide bonds. The number of hydrogen-bond acceptors (Lipinski definition) is 6. The molecule has 4 unspecified atom stereocenters. The summed E-state index contributed by atoms with van der Waals surface area (Å²) in [6.07, 6.45) is 4.85. The summed E-state index contributed by atoms with van der Waals surface area (Å²) in [6.45, 7) is 0.157. The zero-order valence-electron chi connectivity index (χ0n) is 18.0. The third-order valence-electron chi connectivity index (χ3n) is 10.2. The van der Waals surface area contributed by atoms with E-state index in [1.165, 1.54) is 0 Å². The molecule has 6 heteroatoms. The van der Waals surface area contributed by atoms with Crippen molar-refractivity contribution in [2.24, 2.45) is 10.8 Å². The topological polar surface area (TPSA) is 110 Å². The first-order valence-corrected chi connectivity index (χ1v) is 12.0. The van der Waals surface area contributed by atoms with Crippen molar-refractivity contribution in [1.82, 2.24) is 0 Å². The Morgan fingerprint density at radius 3 is 1.58 bits per heavy atom. The molecule has 1 aromatic rings. The van der Waals surface area contributed by atoms with E-state index in [4.69, 9.17) is 4.74 Å². The molecule has 2 spiro atoms. The smallest absolute Gasteiger partial charge is 0.134 e. The number of ether oxygens (including phenoxy) is 1. The van der Waals surface area contributed by atoms with Crippen molar-refractivity contribution in [3.05, 3.63) is 35.9 Å². The number of aliphatic hydroxyl groups excluding tert-OH is 1. The predicted molar refractivity (Wildman–Crippen MR) is 112 cm³/mol. The van der Waals surface area contributed by atoms with Crippen molar-refractivity contribution in [3.63, 3.8) is 0 Å². The molecule has 0 heterocycles. The van der Waals surface area contributed by atoms with Gasteiger partial charge in [-0.2, -0.15) is 0 Å². The maximum atomic E-state index is 12.1. The molecule has 1 aromatic carbocycles. The molecule has 4 atom stereocenters. The molecule has 170 valence electrons. The van der Waals surface area contributed by atoms with E-state index in [9.17, 15) is 25.5 Å². The van der Waals surface area contributed by atoms with Crippen molar-refractivity contribution < 1.29 is 30.3 Å². The van der Waals surface area contributed by atoms with E-state index < -0.39 is 45.4 Å². The average molecular weight is 431 g/mol. The summed E-state index contributed by atoms with van der Waals surface area (Å²) in [5.74, 6) is 0. The minimum Gasteiger partial charge on any atom is -0.387 e. The normalized spacial score (nSPS) is 48.8. The minimum absolute atomic E-state index is 0.157. The largest absolute Gasteiger partial charge is 0.387 e. The van der Waals surface area contributed by atoms with Crippen molar-refractivity contribution in [2.75, 3.05) is 0 Å². The Bertz CT molecular complexity index is 827. The highest BCUT2D eigenvalue weighted by Gasteiger charge is 3.07. The highest BCUT2D eigenvalue weighted by molar-refractivity contribution is 5.57. The molecule has 0 bridgehead atoms. The van der Waals surface area contributed by atoms with Gasteiger partial charge < -0.3 is 30.3 Å². The van der Waals surface area contributed by atoms with Crippen LogP contribution in [-0.4, -0.2) is 60.1 Å². The molecule has 31 heavy (non-hydrogen) atoms. The lowest BCUT2D eigenvalue weighted by Crippen LogP contribution is -2.64. The predicted octanol–water partition coefficient (Wildman–Crippen LogP) is 1.80. The molecule has 0 aromatic heterocycles. The van der Waals surface area contributed by atoms with Gasteiger partial charge in [-0.15, -0.1) is 0 Å². The molecule has 5 saturated carbocycles. The summed E-state index contributed by atoms with van der Waals surface area (Å²) in [6, 6.07) is 9.54. The van der Waals surface area contributed by atoms with E-state index in [0.29, 0.717) is 25.7 Å². The molecule has 5 aliphatic rings. The Morgan fingerprint density at radius 2 is 1.13 bits per heavy atom. The van der Waals surface area contributed by atoms with E-state index in [2.05, 4.69) is 0 Å². The Balaban J connectivity index is 1.45. The second-order valence-electron chi connectivity index (χ2n) is 10.9. The maximum Gasteiger partial charge on any atom is 0.134 e. The Kier molecular flexibility index (Phi) is 4.05. The van der Waals surface area contributed by atoms with Gasteiger partial charge in [-0.05, 0) is 31.2 Å². The first kappa shape index (κ1) is 20.6. The van der Waals surface area contributed by atoms with Crippen LogP contribution in [0.15, 0.2) is 30.3 Å². The van der Waals surface area contributed by atoms with Crippen LogP contribution in [-0.2, 0) is 11.3 Å². The molecule has 6 rings (SSSR count). The monoisotopic (exact) mass is 430 g/mol. The number of rotatable bonds is 3. The lowest BCUT2D eigenvalue weighted by atomic mass is 9.76. The average Bonchev–Trinajstić information content (AvgIpc) is 3.42. The van der Waals surface area contributed by atoms with Crippen LogP contribution in [0, 0.1) is 10.8 Å². The second kappa shape index (κ2) is 6.10. The first-order valence-electron chi connectivity index (χ1n) is 12.0. The van der Waals surface area contributed by atoms with Crippen LogP contribution in [0.1, 0.15) is 69.8 Å². The fourth-order valence-corrected chi connectivity index (χ4v) is 8.70. The number of hydrogen-bond donors (Lipinski definition) is 5. The van der Waals surface area contributed by atoms with Crippen LogP contribution in [0.4, 0.5) is 0 Å². The van der Waals surface area contributed by atoms with E-state index in [1.807, 2.05) is 30.3 Å². The maximum absolute atomic E-state index is 12.1. The third kappa shape index (κ3) is 1.88. The fourth-order valence-electron chi connectivity index (χ4n) is 8.70. The van der Waals surface area contributed by atoms with Crippen molar-refractivity contribution in [2.45, 2.75) is 105 Å². The van der Waals surface area contributed by atoms with Gasteiger partial charge in [0, 0.05) is 10.8 Å². The van der Waals surface area contributed by atoms with E-state index in [-0.39, 0.29) is 6.61 Å². The molecule has 0 saturated heterocycles. The first-order chi connectivity index (χ1) is 14.8. The van der Waals surface area contributed by atoms with E-state index in [1.54, 1.807) is 0 Å². The van der Waals surface area contributed by atoms with Crippen LogP contribution in [0.5, 0.6) is 0 Å². The lowest BCUT2D eigenvalue weighted by Gasteiger charge is -2.40. The van der Waals surface area contributed by atoms with Crippen LogP contribution < -0.4 is 0 Å². The summed E-state index contributed by atoms with van der Waals surface area (Å²) >= 11 is 0. The van der Waals surface area contributed by atoms with Gasteiger partial charge in [0.2, 0.25) is 0 Å². The lowest BCUT2D eigenvalue weighted by molar-refractivity contribution is -0.238. The zero-order chi connectivity index (χ0) is 21.8. The number of fused-ring (bicyclic) bond motifs is 6. The van der Waals surface area contributed by atoms with Gasteiger partial charge in [-0.1, -0.05) is 68.9 Å². The zero-order valence-corrected chi connectivity index (χ0v) is 18.0. The van der Waals surface area contributed by atoms with Crippen molar-refractivity contribution >= 4 is 0 Å².